The monoisotopic (exact) mass is 156 g/mol. The van der Waals surface area contributed by atoms with Crippen molar-refractivity contribution in [3.8, 4) is 0 Å². The van der Waals surface area contributed by atoms with Gasteiger partial charge in [0.2, 0.25) is 5.91 Å². The van der Waals surface area contributed by atoms with Crippen LogP contribution in [0.1, 0.15) is 13.3 Å². The Bertz CT molecular complexity index is 143. The smallest absolute Gasteiger partial charge is 0.246 e. The van der Waals surface area contributed by atoms with Crippen molar-refractivity contribution in [3.63, 3.8) is 0 Å². The molecule has 1 amide bonds. The van der Waals surface area contributed by atoms with Gasteiger partial charge in [0.25, 0.3) is 0 Å². The molecule has 0 aliphatic heterocycles. The van der Waals surface area contributed by atoms with E-state index in [1.54, 1.807) is 0 Å². The summed E-state index contributed by atoms with van der Waals surface area (Å²) in [6, 6.07) is 0. The molecule has 0 heterocycles. The number of likely N-dealkylation sites (N-methyl/N-ethyl adjacent to an activating group) is 1. The van der Waals surface area contributed by atoms with Crippen molar-refractivity contribution in [2.45, 2.75) is 13.3 Å². The zero-order chi connectivity index (χ0) is 8.69. The second-order valence-corrected chi connectivity index (χ2v) is 2.32. The zero-order valence-electron chi connectivity index (χ0n) is 7.24. The van der Waals surface area contributed by atoms with Gasteiger partial charge >= 0.3 is 0 Å². The van der Waals surface area contributed by atoms with Crippen molar-refractivity contribution in [1.82, 2.24) is 10.6 Å². The first-order chi connectivity index (χ1) is 5.22. The fourth-order valence-corrected chi connectivity index (χ4v) is 0.675. The molecule has 64 valence electrons. The van der Waals surface area contributed by atoms with E-state index in [9.17, 15) is 4.79 Å². The van der Waals surface area contributed by atoms with Crippen LogP contribution in [0.15, 0.2) is 12.2 Å². The van der Waals surface area contributed by atoms with Gasteiger partial charge in [0.15, 0.2) is 0 Å². The highest BCUT2D eigenvalue weighted by Crippen LogP contribution is 1.94. The Morgan fingerprint density at radius 1 is 1.55 bits per heavy atom. The molecule has 0 saturated carbocycles. The average molecular weight is 156 g/mol. The standard InChI is InChI=1S/C8H16N2O/c1-4-10-8(11)7(2)5-6-9-3/h9H,2,4-6H2,1,3H3,(H,10,11). The lowest BCUT2D eigenvalue weighted by Gasteiger charge is -2.04. The highest BCUT2D eigenvalue weighted by Gasteiger charge is 2.02. The van der Waals surface area contributed by atoms with Gasteiger partial charge in [-0.05, 0) is 26.9 Å². The molecule has 0 atom stereocenters. The summed E-state index contributed by atoms with van der Waals surface area (Å²) in [4.78, 5) is 11.0. The van der Waals surface area contributed by atoms with Crippen LogP contribution in [0.5, 0.6) is 0 Å². The predicted molar refractivity (Wildman–Crippen MR) is 46.4 cm³/mol. The Hall–Kier alpha value is -0.830. The minimum atomic E-state index is -0.0391. The first kappa shape index (κ1) is 10.2. The van der Waals surface area contributed by atoms with Crippen LogP contribution in [-0.2, 0) is 4.79 Å². The number of carbonyl (C=O) groups excluding carboxylic acids is 1. The van der Waals surface area contributed by atoms with E-state index in [-0.39, 0.29) is 5.91 Å². The van der Waals surface area contributed by atoms with Gasteiger partial charge in [-0.3, -0.25) is 4.79 Å². The average Bonchev–Trinajstić information content (AvgIpc) is 2.00. The highest BCUT2D eigenvalue weighted by atomic mass is 16.1. The van der Waals surface area contributed by atoms with Gasteiger partial charge in [-0.15, -0.1) is 0 Å². The van der Waals surface area contributed by atoms with Crippen LogP contribution >= 0.6 is 0 Å². The maximum atomic E-state index is 11.0. The summed E-state index contributed by atoms with van der Waals surface area (Å²) in [6.45, 7) is 7.02. The topological polar surface area (TPSA) is 41.1 Å². The predicted octanol–water partition coefficient (Wildman–Crippen LogP) is 0.288. The fraction of sp³-hybridized carbons (Fsp3) is 0.625. The van der Waals surface area contributed by atoms with Crippen LogP contribution in [0.3, 0.4) is 0 Å². The molecule has 0 fully saturated rings. The van der Waals surface area contributed by atoms with Gasteiger partial charge in [0.1, 0.15) is 0 Å². The van der Waals surface area contributed by atoms with Crippen molar-refractivity contribution >= 4 is 5.91 Å². The molecule has 0 aliphatic carbocycles. The summed E-state index contributed by atoms with van der Waals surface area (Å²) in [5, 5.41) is 5.64. The Kier molecular flexibility index (Phi) is 5.47. The number of nitrogens with one attached hydrogen (secondary N) is 2. The molecule has 2 N–H and O–H groups in total. The summed E-state index contributed by atoms with van der Waals surface area (Å²) in [6.07, 6.45) is 0.711. The lowest BCUT2D eigenvalue weighted by Crippen LogP contribution is -2.25. The molecule has 0 spiro atoms. The number of hydrogen-bond acceptors (Lipinski definition) is 2. The molecule has 0 radical (unpaired) electrons. The number of carbonyl (C=O) groups is 1. The maximum absolute atomic E-state index is 11.0. The van der Waals surface area contributed by atoms with Crippen molar-refractivity contribution in [2.24, 2.45) is 0 Å². The van der Waals surface area contributed by atoms with E-state index in [4.69, 9.17) is 0 Å². The molecule has 0 rings (SSSR count). The van der Waals surface area contributed by atoms with Crippen LogP contribution in [-0.4, -0.2) is 26.0 Å². The molecular formula is C8H16N2O. The first-order valence-electron chi connectivity index (χ1n) is 3.83. The number of hydrogen-bond donors (Lipinski definition) is 2. The van der Waals surface area contributed by atoms with Gasteiger partial charge in [-0.25, -0.2) is 0 Å². The van der Waals surface area contributed by atoms with E-state index in [2.05, 4.69) is 17.2 Å². The van der Waals surface area contributed by atoms with E-state index >= 15 is 0 Å². The second kappa shape index (κ2) is 5.92. The third kappa shape index (κ3) is 4.56. The van der Waals surface area contributed by atoms with Gasteiger partial charge in [-0.1, -0.05) is 6.58 Å². The molecule has 0 aromatic carbocycles. The summed E-state index contributed by atoms with van der Waals surface area (Å²) in [5.74, 6) is -0.0391. The quantitative estimate of drug-likeness (QED) is 0.562. The Morgan fingerprint density at radius 2 is 2.18 bits per heavy atom. The second-order valence-electron chi connectivity index (χ2n) is 2.32. The molecule has 3 nitrogen and oxygen atoms in total. The zero-order valence-corrected chi connectivity index (χ0v) is 7.24. The molecule has 0 aliphatic rings. The van der Waals surface area contributed by atoms with Crippen molar-refractivity contribution < 1.29 is 4.79 Å². The molecule has 0 bridgehead atoms. The Morgan fingerprint density at radius 3 is 2.64 bits per heavy atom. The summed E-state index contributed by atoms with van der Waals surface area (Å²) >= 11 is 0. The van der Waals surface area contributed by atoms with Crippen LogP contribution in [0.2, 0.25) is 0 Å². The largest absolute Gasteiger partial charge is 0.353 e. The molecule has 0 aromatic rings. The van der Waals surface area contributed by atoms with Gasteiger partial charge in [-0.2, -0.15) is 0 Å². The van der Waals surface area contributed by atoms with E-state index in [1.807, 2.05) is 14.0 Å². The third-order valence-electron chi connectivity index (χ3n) is 1.34. The molecule has 0 saturated heterocycles. The molecule has 0 unspecified atom stereocenters. The Balaban J connectivity index is 3.56. The number of rotatable bonds is 5. The van der Waals surface area contributed by atoms with Gasteiger partial charge in [0.05, 0.1) is 0 Å². The minimum absolute atomic E-state index is 0.0391. The van der Waals surface area contributed by atoms with E-state index in [0.29, 0.717) is 18.5 Å². The SMILES string of the molecule is C=C(CCNC)C(=O)NCC. The van der Waals surface area contributed by atoms with Crippen LogP contribution in [0, 0.1) is 0 Å². The molecule has 11 heavy (non-hydrogen) atoms. The summed E-state index contributed by atoms with van der Waals surface area (Å²) in [7, 11) is 1.85. The summed E-state index contributed by atoms with van der Waals surface area (Å²) in [5.41, 5.74) is 0.640. The molecular weight excluding hydrogens is 140 g/mol. The molecule has 0 aromatic heterocycles. The Labute approximate surface area is 67.9 Å². The van der Waals surface area contributed by atoms with E-state index in [1.165, 1.54) is 0 Å². The van der Waals surface area contributed by atoms with Gasteiger partial charge < -0.3 is 10.6 Å². The summed E-state index contributed by atoms with van der Waals surface area (Å²) < 4.78 is 0. The first-order valence-corrected chi connectivity index (χ1v) is 3.83. The normalized spacial score (nSPS) is 9.27. The van der Waals surface area contributed by atoms with Crippen molar-refractivity contribution in [3.05, 3.63) is 12.2 Å². The molecule has 3 heteroatoms. The van der Waals surface area contributed by atoms with E-state index < -0.39 is 0 Å². The highest BCUT2D eigenvalue weighted by molar-refractivity contribution is 5.92. The van der Waals surface area contributed by atoms with Crippen LogP contribution < -0.4 is 10.6 Å². The van der Waals surface area contributed by atoms with Crippen molar-refractivity contribution in [1.29, 1.82) is 0 Å². The fourth-order valence-electron chi connectivity index (χ4n) is 0.675. The van der Waals surface area contributed by atoms with Crippen LogP contribution in [0.4, 0.5) is 0 Å². The van der Waals surface area contributed by atoms with Gasteiger partial charge in [0, 0.05) is 12.1 Å². The number of amides is 1. The minimum Gasteiger partial charge on any atom is -0.353 e. The van der Waals surface area contributed by atoms with E-state index in [0.717, 1.165) is 6.54 Å². The van der Waals surface area contributed by atoms with Crippen molar-refractivity contribution in [2.75, 3.05) is 20.1 Å². The lowest BCUT2D eigenvalue weighted by molar-refractivity contribution is -0.117. The lowest BCUT2D eigenvalue weighted by atomic mass is 10.2. The third-order valence-corrected chi connectivity index (χ3v) is 1.34. The maximum Gasteiger partial charge on any atom is 0.246 e. The van der Waals surface area contributed by atoms with Crippen LogP contribution in [0.25, 0.3) is 0 Å².